The van der Waals surface area contributed by atoms with Gasteiger partial charge in [0.2, 0.25) is 0 Å². The van der Waals surface area contributed by atoms with Crippen molar-refractivity contribution in [2.45, 2.75) is 163 Å². The molecule has 16 aromatic carbocycles. The molecule has 0 atom stereocenters. The van der Waals surface area contributed by atoms with Gasteiger partial charge in [-0.3, -0.25) is 0 Å². The molecule has 0 saturated carbocycles. The first kappa shape index (κ1) is 78.7. The summed E-state index contributed by atoms with van der Waals surface area (Å²) in [7, 11) is 0. The summed E-state index contributed by atoms with van der Waals surface area (Å²) in [5, 5.41) is 4.93. The quantitative estimate of drug-likeness (QED) is 0.141. The van der Waals surface area contributed by atoms with E-state index in [1.807, 2.05) is 0 Å². The Balaban J connectivity index is 0.890. The lowest BCUT2D eigenvalue weighted by Crippen LogP contribution is -2.61. The first-order chi connectivity index (χ1) is 60.3. The average Bonchev–Trinajstić information content (AvgIpc) is 1.48. The van der Waals surface area contributed by atoms with Crippen LogP contribution in [0, 0.1) is 0 Å². The number of aromatic nitrogens is 2. The minimum atomic E-state index is -0.557. The standard InChI is InChI=1S/C121H109BN4/c1-115(2,3)78-53-45-74(46-54-78)86-36-29-37-87(75-47-55-79(56-48-75)116(4,5)6)113(86)125-108-70-84(123-104-43-27-22-34-93(104)96-67-82(119(13,14)15)61-66-106(96)123)62-64-102(108)122-103-65-63-85(124-105-44-28-23-35-94(105)97-72-95-92-33-21-26-42-100(92)121(101(95)73-107(97)124)98-40-24-19-31-90(98)91-32-20-25-41-99(91)121)71-109(103)126(111-69-83(120(16,17)18)68-110(125)112(111)122)114-88(76-49-57-80(58-50-76)117(7,8)9)38-30-39-89(114)77-51-59-81(60-52-77)118(10,11)12/h19-73H,1-18H3. The Morgan fingerprint density at radius 3 is 0.913 bits per heavy atom. The fourth-order valence-corrected chi connectivity index (χ4v) is 21.8. The van der Waals surface area contributed by atoms with Crippen LogP contribution in [0.15, 0.2) is 334 Å². The molecular formula is C121H109BN4. The summed E-state index contributed by atoms with van der Waals surface area (Å²) in [6, 6.07) is 131. The molecule has 0 radical (unpaired) electrons. The maximum absolute atomic E-state index is 2.78. The Morgan fingerprint density at radius 1 is 0.214 bits per heavy atom. The summed E-state index contributed by atoms with van der Waals surface area (Å²) < 4.78 is 5.18. The number of benzene rings is 16. The highest BCUT2D eigenvalue weighted by Gasteiger charge is 2.53. The lowest BCUT2D eigenvalue weighted by Gasteiger charge is -2.46. The molecule has 4 aliphatic rings. The van der Waals surface area contributed by atoms with Crippen molar-refractivity contribution in [1.29, 1.82) is 0 Å². The van der Waals surface area contributed by atoms with E-state index in [1.54, 1.807) is 0 Å². The molecule has 0 saturated heterocycles. The van der Waals surface area contributed by atoms with E-state index < -0.39 is 5.41 Å². The van der Waals surface area contributed by atoms with E-state index in [4.69, 9.17) is 0 Å². The van der Waals surface area contributed by atoms with Crippen LogP contribution in [0.2, 0.25) is 0 Å². The lowest BCUT2D eigenvalue weighted by atomic mass is 9.33. The first-order valence-electron chi connectivity index (χ1n) is 45.5. The summed E-state index contributed by atoms with van der Waals surface area (Å²) in [6.45, 7) is 41.9. The van der Waals surface area contributed by atoms with Gasteiger partial charge in [0.15, 0.2) is 0 Å². The second kappa shape index (κ2) is 27.9. The van der Waals surface area contributed by atoms with Crippen molar-refractivity contribution in [2.24, 2.45) is 0 Å². The van der Waals surface area contributed by atoms with Gasteiger partial charge in [-0.2, -0.15) is 0 Å². The Morgan fingerprint density at radius 2 is 0.532 bits per heavy atom. The Labute approximate surface area is 744 Å². The van der Waals surface area contributed by atoms with Crippen LogP contribution < -0.4 is 26.2 Å². The predicted molar refractivity (Wildman–Crippen MR) is 539 cm³/mol. The van der Waals surface area contributed by atoms with Gasteiger partial charge < -0.3 is 18.9 Å². The molecule has 4 nitrogen and oxygen atoms in total. The highest BCUT2D eigenvalue weighted by molar-refractivity contribution is 7.00. The zero-order valence-corrected chi connectivity index (χ0v) is 76.1. The minimum Gasteiger partial charge on any atom is -0.310 e. The molecule has 0 amide bonds. The van der Waals surface area contributed by atoms with Gasteiger partial charge in [-0.25, -0.2) is 0 Å². The van der Waals surface area contributed by atoms with Crippen LogP contribution in [-0.2, 0) is 37.9 Å². The molecular weight excluding hydrogens is 1520 g/mol. The molecule has 1 spiro atoms. The highest BCUT2D eigenvalue weighted by atomic mass is 15.2. The molecule has 126 heavy (non-hydrogen) atoms. The van der Waals surface area contributed by atoms with Crippen molar-refractivity contribution in [1.82, 2.24) is 9.13 Å². The van der Waals surface area contributed by atoms with E-state index in [-0.39, 0.29) is 39.2 Å². The lowest BCUT2D eigenvalue weighted by molar-refractivity contribution is 0.590. The summed E-state index contributed by atoms with van der Waals surface area (Å²) in [6.07, 6.45) is 0. The summed E-state index contributed by atoms with van der Waals surface area (Å²) in [5.74, 6) is 0. The van der Waals surface area contributed by atoms with Gasteiger partial charge in [0.1, 0.15) is 0 Å². The zero-order chi connectivity index (χ0) is 86.9. The van der Waals surface area contributed by atoms with Crippen molar-refractivity contribution in [3.63, 3.8) is 0 Å². The number of para-hydroxylation sites is 4. The van der Waals surface area contributed by atoms with Gasteiger partial charge in [0.05, 0.1) is 38.9 Å². The fourth-order valence-electron chi connectivity index (χ4n) is 21.8. The van der Waals surface area contributed by atoms with Gasteiger partial charge in [-0.15, -0.1) is 0 Å². The van der Waals surface area contributed by atoms with Crippen LogP contribution in [0.5, 0.6) is 0 Å². The largest absolute Gasteiger partial charge is 0.310 e. The molecule has 22 rings (SSSR count). The van der Waals surface area contributed by atoms with Crippen molar-refractivity contribution in [3.05, 3.63) is 389 Å². The van der Waals surface area contributed by atoms with E-state index in [2.05, 4.69) is 477 Å². The molecule has 2 aliphatic heterocycles. The van der Waals surface area contributed by atoms with E-state index in [0.717, 1.165) is 95.5 Å². The Kier molecular flexibility index (Phi) is 17.4. The third kappa shape index (κ3) is 12.1. The van der Waals surface area contributed by atoms with Gasteiger partial charge in [-0.1, -0.05) is 385 Å². The van der Waals surface area contributed by atoms with E-state index >= 15 is 0 Å². The first-order valence-corrected chi connectivity index (χ1v) is 45.5. The second-order valence-corrected chi connectivity index (χ2v) is 42.5. The molecule has 18 aromatic rings. The van der Waals surface area contributed by atoms with E-state index in [9.17, 15) is 0 Å². The van der Waals surface area contributed by atoms with Crippen LogP contribution in [0.3, 0.4) is 0 Å². The van der Waals surface area contributed by atoms with E-state index in [1.165, 1.54) is 132 Å². The Bertz CT molecular complexity index is 7350. The van der Waals surface area contributed by atoms with Gasteiger partial charge >= 0.3 is 0 Å². The molecule has 0 bridgehead atoms. The number of hydrogen-bond acceptors (Lipinski definition) is 2. The molecule has 616 valence electrons. The monoisotopic (exact) mass is 1630 g/mol. The topological polar surface area (TPSA) is 16.3 Å². The van der Waals surface area contributed by atoms with E-state index in [0.29, 0.717) is 0 Å². The van der Waals surface area contributed by atoms with Crippen LogP contribution in [-0.4, -0.2) is 15.8 Å². The molecule has 4 heterocycles. The summed E-state index contributed by atoms with van der Waals surface area (Å²) in [4.78, 5) is 5.54. The Hall–Kier alpha value is -13.2. The molecule has 0 unspecified atom stereocenters. The van der Waals surface area contributed by atoms with Crippen molar-refractivity contribution in [3.8, 4) is 78.1 Å². The third-order valence-electron chi connectivity index (χ3n) is 28.5. The number of rotatable bonds is 8. The summed E-state index contributed by atoms with van der Waals surface area (Å²) in [5.41, 5.74) is 43.6. The third-order valence-corrected chi connectivity index (χ3v) is 28.5. The molecule has 5 heteroatoms. The predicted octanol–water partition coefficient (Wildman–Crippen LogP) is 30.8. The fraction of sp³-hybridized carbons (Fsp3) is 0.207. The average molecular weight is 1630 g/mol. The molecule has 0 fully saturated rings. The van der Waals surface area contributed by atoms with Crippen LogP contribution in [0.25, 0.3) is 122 Å². The smallest absolute Gasteiger partial charge is 0.252 e. The van der Waals surface area contributed by atoms with Gasteiger partial charge in [0, 0.05) is 77.9 Å². The molecule has 0 N–H and O–H groups in total. The highest BCUT2D eigenvalue weighted by Crippen LogP contribution is 2.64. The number of anilines is 6. The number of fused-ring (bicyclic) bond motifs is 20. The second-order valence-electron chi connectivity index (χ2n) is 42.5. The SMILES string of the molecule is CC(C)(C)c1ccc(-c2cccc(-c3ccc(C(C)(C)C)cc3)c2N2c3cc(-n4c5ccccc5c5cc(C(C)(C)C)ccc54)ccc3B3c4ccc(-n5c6ccccc6c6cc7c(cc65)C5(c6ccccc6-c6ccccc65)c5ccccc5-7)cc4N(c4c(-c5ccc(C(C)(C)C)cc5)cccc4-c4ccc(C(C)(C)C)cc4)c4cc(C(C)(C)C)cc2c43)cc1. The minimum absolute atomic E-state index is 0.0605. The normalized spacial score (nSPS) is 14.0. The number of nitrogens with zero attached hydrogens (tertiary/aromatic N) is 4. The van der Waals surface area contributed by atoms with Crippen molar-refractivity contribution in [2.75, 3.05) is 9.80 Å². The van der Waals surface area contributed by atoms with Gasteiger partial charge in [0.25, 0.3) is 6.71 Å². The van der Waals surface area contributed by atoms with Crippen LogP contribution in [0.1, 0.15) is 180 Å². The maximum Gasteiger partial charge on any atom is 0.252 e. The number of hydrogen-bond donors (Lipinski definition) is 0. The summed E-state index contributed by atoms with van der Waals surface area (Å²) >= 11 is 0. The molecule has 2 aliphatic carbocycles. The molecule has 2 aromatic heterocycles. The van der Waals surface area contributed by atoms with Crippen molar-refractivity contribution < 1.29 is 0 Å². The van der Waals surface area contributed by atoms with Crippen LogP contribution in [0.4, 0.5) is 34.1 Å². The van der Waals surface area contributed by atoms with Gasteiger partial charge in [-0.05, 0) is 222 Å². The zero-order valence-electron chi connectivity index (χ0n) is 76.1. The van der Waals surface area contributed by atoms with Crippen LogP contribution >= 0.6 is 0 Å². The van der Waals surface area contributed by atoms with Crippen molar-refractivity contribution >= 4 is 101 Å². The maximum atomic E-state index is 2.78.